The molecule has 0 spiro atoms. The van der Waals surface area contributed by atoms with Crippen molar-refractivity contribution in [1.29, 1.82) is 0 Å². The second-order valence-electron chi connectivity index (χ2n) is 8.08. The van der Waals surface area contributed by atoms with Crippen molar-refractivity contribution >= 4 is 34.0 Å². The van der Waals surface area contributed by atoms with Crippen LogP contribution in [0.25, 0.3) is 0 Å². The SMILES string of the molecule is O=C(Cc1ccc(N2CCCC2=O)cc1)Nc1cccc(CS(=O)C2CCOCC2)c1. The Morgan fingerprint density at radius 1 is 1.10 bits per heavy atom. The van der Waals surface area contributed by atoms with Gasteiger partial charge in [-0.15, -0.1) is 0 Å². The molecular weight excluding hydrogens is 412 g/mol. The van der Waals surface area contributed by atoms with Crippen LogP contribution in [0, 0.1) is 0 Å². The summed E-state index contributed by atoms with van der Waals surface area (Å²) in [6, 6.07) is 15.2. The van der Waals surface area contributed by atoms with Gasteiger partial charge in [-0.25, -0.2) is 0 Å². The molecule has 7 heteroatoms. The Labute approximate surface area is 185 Å². The number of nitrogens with zero attached hydrogens (tertiary/aromatic N) is 1. The quantitative estimate of drug-likeness (QED) is 0.716. The summed E-state index contributed by atoms with van der Waals surface area (Å²) in [6.45, 7) is 2.12. The van der Waals surface area contributed by atoms with Gasteiger partial charge in [-0.3, -0.25) is 13.8 Å². The zero-order valence-electron chi connectivity index (χ0n) is 17.5. The number of carbonyl (C=O) groups is 2. The molecule has 0 aromatic heterocycles. The molecule has 1 N–H and O–H groups in total. The van der Waals surface area contributed by atoms with Crippen LogP contribution in [0.2, 0.25) is 0 Å². The molecule has 0 radical (unpaired) electrons. The highest BCUT2D eigenvalue weighted by atomic mass is 32.2. The zero-order chi connectivity index (χ0) is 21.6. The summed E-state index contributed by atoms with van der Waals surface area (Å²) < 4.78 is 18.0. The molecule has 0 bridgehead atoms. The zero-order valence-corrected chi connectivity index (χ0v) is 18.4. The summed E-state index contributed by atoms with van der Waals surface area (Å²) >= 11 is 0. The number of benzene rings is 2. The Kier molecular flexibility index (Phi) is 7.14. The van der Waals surface area contributed by atoms with Gasteiger partial charge in [0.15, 0.2) is 0 Å². The molecule has 6 nitrogen and oxygen atoms in total. The maximum atomic E-state index is 12.6. The van der Waals surface area contributed by atoms with E-state index in [9.17, 15) is 13.8 Å². The molecule has 1 unspecified atom stereocenters. The van der Waals surface area contributed by atoms with E-state index >= 15 is 0 Å². The van der Waals surface area contributed by atoms with Gasteiger partial charge >= 0.3 is 0 Å². The number of hydrogen-bond acceptors (Lipinski definition) is 4. The predicted octanol–water partition coefficient (Wildman–Crippen LogP) is 3.42. The van der Waals surface area contributed by atoms with Crippen molar-refractivity contribution < 1.29 is 18.5 Å². The maximum Gasteiger partial charge on any atom is 0.228 e. The molecule has 2 fully saturated rings. The van der Waals surface area contributed by atoms with Gasteiger partial charge in [0.25, 0.3) is 0 Å². The maximum absolute atomic E-state index is 12.6. The van der Waals surface area contributed by atoms with Crippen LogP contribution in [-0.4, -0.2) is 41.0 Å². The van der Waals surface area contributed by atoms with Crippen LogP contribution in [0.15, 0.2) is 48.5 Å². The van der Waals surface area contributed by atoms with E-state index in [1.54, 1.807) is 4.90 Å². The number of hydrogen-bond donors (Lipinski definition) is 1. The van der Waals surface area contributed by atoms with E-state index in [0.29, 0.717) is 31.1 Å². The summed E-state index contributed by atoms with van der Waals surface area (Å²) in [5.41, 5.74) is 3.45. The van der Waals surface area contributed by atoms with Gasteiger partial charge in [0.2, 0.25) is 11.8 Å². The van der Waals surface area contributed by atoms with Crippen molar-refractivity contribution in [2.45, 2.75) is 43.1 Å². The van der Waals surface area contributed by atoms with Crippen molar-refractivity contribution in [1.82, 2.24) is 0 Å². The number of ether oxygens (including phenoxy) is 1. The van der Waals surface area contributed by atoms with E-state index in [4.69, 9.17) is 4.74 Å². The van der Waals surface area contributed by atoms with Crippen molar-refractivity contribution in [2.75, 3.05) is 30.0 Å². The number of anilines is 2. The molecule has 0 aliphatic carbocycles. The van der Waals surface area contributed by atoms with Crippen LogP contribution in [-0.2, 0) is 37.3 Å². The lowest BCUT2D eigenvalue weighted by Crippen LogP contribution is -2.25. The van der Waals surface area contributed by atoms with Crippen LogP contribution in [0.5, 0.6) is 0 Å². The van der Waals surface area contributed by atoms with Gasteiger partial charge in [0.1, 0.15) is 0 Å². The monoisotopic (exact) mass is 440 g/mol. The van der Waals surface area contributed by atoms with Crippen molar-refractivity contribution in [3.8, 4) is 0 Å². The van der Waals surface area contributed by atoms with Crippen molar-refractivity contribution in [3.05, 3.63) is 59.7 Å². The molecule has 2 aliphatic heterocycles. The average Bonchev–Trinajstić information content (AvgIpc) is 3.21. The minimum atomic E-state index is -0.937. The molecule has 0 saturated carbocycles. The summed E-state index contributed by atoms with van der Waals surface area (Å²) in [5, 5.41) is 3.12. The number of amides is 2. The fourth-order valence-corrected chi connectivity index (χ4v) is 5.53. The Morgan fingerprint density at radius 2 is 1.87 bits per heavy atom. The number of rotatable bonds is 7. The van der Waals surface area contributed by atoms with E-state index in [-0.39, 0.29) is 23.5 Å². The summed E-state index contributed by atoms with van der Waals surface area (Å²) in [7, 11) is -0.937. The van der Waals surface area contributed by atoms with Gasteiger partial charge < -0.3 is 15.0 Å². The Bertz CT molecular complexity index is 954. The highest BCUT2D eigenvalue weighted by Crippen LogP contribution is 2.22. The minimum Gasteiger partial charge on any atom is -0.381 e. The smallest absolute Gasteiger partial charge is 0.228 e. The van der Waals surface area contributed by atoms with Crippen LogP contribution in [0.3, 0.4) is 0 Å². The first-order valence-corrected chi connectivity index (χ1v) is 12.2. The third-order valence-corrected chi connectivity index (χ3v) is 7.58. The summed E-state index contributed by atoms with van der Waals surface area (Å²) in [4.78, 5) is 26.2. The van der Waals surface area contributed by atoms with Crippen molar-refractivity contribution in [2.24, 2.45) is 0 Å². The van der Waals surface area contributed by atoms with Crippen LogP contribution in [0.4, 0.5) is 11.4 Å². The normalized spacial score (nSPS) is 18.2. The predicted molar refractivity (Wildman–Crippen MR) is 122 cm³/mol. The molecule has 2 aliphatic rings. The highest BCUT2D eigenvalue weighted by molar-refractivity contribution is 7.84. The Morgan fingerprint density at radius 3 is 2.58 bits per heavy atom. The molecule has 1 atom stereocenters. The van der Waals surface area contributed by atoms with Gasteiger partial charge in [0.05, 0.1) is 6.42 Å². The highest BCUT2D eigenvalue weighted by Gasteiger charge is 2.22. The lowest BCUT2D eigenvalue weighted by atomic mass is 10.1. The van der Waals surface area contributed by atoms with E-state index in [0.717, 1.165) is 42.6 Å². The first-order chi connectivity index (χ1) is 15.1. The minimum absolute atomic E-state index is 0.104. The van der Waals surface area contributed by atoms with Crippen LogP contribution in [0.1, 0.15) is 36.8 Å². The van der Waals surface area contributed by atoms with Gasteiger partial charge in [-0.2, -0.15) is 0 Å². The van der Waals surface area contributed by atoms with E-state index in [1.807, 2.05) is 48.5 Å². The summed E-state index contributed by atoms with van der Waals surface area (Å²) in [5.74, 6) is 0.543. The molecule has 2 aromatic carbocycles. The first kappa shape index (κ1) is 21.7. The number of nitrogens with one attached hydrogen (secondary N) is 1. The fourth-order valence-electron chi connectivity index (χ4n) is 4.07. The van der Waals surface area contributed by atoms with E-state index in [2.05, 4.69) is 5.32 Å². The van der Waals surface area contributed by atoms with Crippen LogP contribution < -0.4 is 10.2 Å². The molecular formula is C24H28N2O4S. The third-order valence-electron chi connectivity index (χ3n) is 5.75. The largest absolute Gasteiger partial charge is 0.381 e. The lowest BCUT2D eigenvalue weighted by Gasteiger charge is -2.21. The number of carbonyl (C=O) groups excluding carboxylic acids is 2. The van der Waals surface area contributed by atoms with E-state index in [1.165, 1.54) is 0 Å². The topological polar surface area (TPSA) is 75.7 Å². The Hall–Kier alpha value is -2.51. The van der Waals surface area contributed by atoms with E-state index < -0.39 is 10.8 Å². The molecule has 31 heavy (non-hydrogen) atoms. The second kappa shape index (κ2) is 10.2. The molecule has 164 valence electrons. The molecule has 2 heterocycles. The molecule has 4 rings (SSSR count). The van der Waals surface area contributed by atoms with Gasteiger partial charge in [0, 0.05) is 59.4 Å². The van der Waals surface area contributed by atoms with Gasteiger partial charge in [-0.1, -0.05) is 24.3 Å². The third kappa shape index (κ3) is 5.80. The fraction of sp³-hybridized carbons (Fsp3) is 0.417. The molecule has 2 amide bonds. The average molecular weight is 441 g/mol. The Balaban J connectivity index is 1.31. The lowest BCUT2D eigenvalue weighted by molar-refractivity contribution is -0.117. The summed E-state index contributed by atoms with van der Waals surface area (Å²) in [6.07, 6.45) is 3.44. The molecule has 2 saturated heterocycles. The van der Waals surface area contributed by atoms with Crippen LogP contribution >= 0.6 is 0 Å². The standard InChI is InChI=1S/C24H28N2O4S/c27-23(16-18-6-8-21(9-7-18)26-12-2-5-24(26)28)25-20-4-1-3-19(15-20)17-31(29)22-10-13-30-14-11-22/h1,3-4,6-9,15,22H,2,5,10-14,16-17H2,(H,25,27). The van der Waals surface area contributed by atoms with Gasteiger partial charge in [-0.05, 0) is 54.7 Å². The second-order valence-corrected chi connectivity index (χ2v) is 9.79. The van der Waals surface area contributed by atoms with Crippen molar-refractivity contribution in [3.63, 3.8) is 0 Å². The molecule has 2 aromatic rings. The first-order valence-electron chi connectivity index (χ1n) is 10.8.